The molecule has 0 radical (unpaired) electrons. The van der Waals surface area contributed by atoms with Crippen LogP contribution in [0.5, 0.6) is 11.5 Å². The molecule has 0 aliphatic carbocycles. The van der Waals surface area contributed by atoms with E-state index in [4.69, 9.17) is 15.2 Å². The summed E-state index contributed by atoms with van der Waals surface area (Å²) in [5.41, 5.74) is 7.72. The lowest BCUT2D eigenvalue weighted by Gasteiger charge is -2.16. The van der Waals surface area contributed by atoms with E-state index < -0.39 is 0 Å². The molecule has 1 aliphatic heterocycles. The molecular formula is C18H25N3O2. The van der Waals surface area contributed by atoms with Crippen LogP contribution in [0.25, 0.3) is 10.9 Å². The number of aryl methyl sites for hydroxylation is 1. The van der Waals surface area contributed by atoms with E-state index in [9.17, 15) is 0 Å². The first kappa shape index (κ1) is 15.9. The van der Waals surface area contributed by atoms with E-state index in [1.165, 1.54) is 25.9 Å². The maximum atomic E-state index is 5.93. The Morgan fingerprint density at radius 3 is 2.70 bits per heavy atom. The summed E-state index contributed by atoms with van der Waals surface area (Å²) in [6, 6.07) is 5.90. The lowest BCUT2D eigenvalue weighted by molar-refractivity contribution is 0.254. The molecular weight excluding hydrogens is 290 g/mol. The Kier molecular flexibility index (Phi) is 4.86. The minimum Gasteiger partial charge on any atom is -0.493 e. The smallest absolute Gasteiger partial charge is 0.163 e. The third kappa shape index (κ3) is 3.67. The number of ether oxygens (including phenoxy) is 2. The summed E-state index contributed by atoms with van der Waals surface area (Å²) in [4.78, 5) is 6.93. The Morgan fingerprint density at radius 1 is 1.17 bits per heavy atom. The standard InChI is InChI=1S/C18H25N3O2/c1-13-10-14-11-16(22-2)17(12-15(14)20-18(13)19)23-9-5-8-21-6-3-4-7-21/h10-12H,3-9H2,1-2H3,(H2,19,20). The van der Waals surface area contributed by atoms with E-state index in [-0.39, 0.29) is 0 Å². The van der Waals surface area contributed by atoms with Crippen molar-refractivity contribution in [2.45, 2.75) is 26.2 Å². The van der Waals surface area contributed by atoms with Gasteiger partial charge in [-0.2, -0.15) is 0 Å². The largest absolute Gasteiger partial charge is 0.493 e. The Balaban J connectivity index is 1.69. The van der Waals surface area contributed by atoms with E-state index in [2.05, 4.69) is 9.88 Å². The van der Waals surface area contributed by atoms with Crippen LogP contribution in [0.1, 0.15) is 24.8 Å². The molecule has 3 rings (SSSR count). The highest BCUT2D eigenvalue weighted by molar-refractivity contribution is 5.85. The van der Waals surface area contributed by atoms with Gasteiger partial charge in [0.25, 0.3) is 0 Å². The van der Waals surface area contributed by atoms with Gasteiger partial charge in [-0.05, 0) is 57.0 Å². The SMILES string of the molecule is COc1cc2cc(C)c(N)nc2cc1OCCCN1CCCC1. The number of likely N-dealkylation sites (tertiary alicyclic amines) is 1. The van der Waals surface area contributed by atoms with Crippen molar-refractivity contribution in [3.8, 4) is 11.5 Å². The summed E-state index contributed by atoms with van der Waals surface area (Å²) < 4.78 is 11.4. The average Bonchev–Trinajstić information content (AvgIpc) is 3.05. The lowest BCUT2D eigenvalue weighted by atomic mass is 10.1. The van der Waals surface area contributed by atoms with Gasteiger partial charge in [-0.15, -0.1) is 0 Å². The predicted octanol–water partition coefficient (Wildman–Crippen LogP) is 3.00. The normalized spacial score (nSPS) is 15.2. The fourth-order valence-electron chi connectivity index (χ4n) is 3.05. The van der Waals surface area contributed by atoms with Gasteiger partial charge in [-0.1, -0.05) is 0 Å². The quantitative estimate of drug-likeness (QED) is 0.830. The van der Waals surface area contributed by atoms with Crippen molar-refractivity contribution >= 4 is 16.7 Å². The van der Waals surface area contributed by atoms with E-state index in [0.29, 0.717) is 12.4 Å². The van der Waals surface area contributed by atoms with Crippen molar-refractivity contribution in [2.24, 2.45) is 0 Å². The number of nitrogen functional groups attached to an aromatic ring is 1. The molecule has 5 heteroatoms. The van der Waals surface area contributed by atoms with Gasteiger partial charge in [-0.25, -0.2) is 4.98 Å². The fourth-order valence-corrected chi connectivity index (χ4v) is 3.05. The third-order valence-electron chi connectivity index (χ3n) is 4.40. The molecule has 0 amide bonds. The van der Waals surface area contributed by atoms with Crippen LogP contribution in [-0.4, -0.2) is 43.2 Å². The van der Waals surface area contributed by atoms with Crippen molar-refractivity contribution in [3.05, 3.63) is 23.8 Å². The maximum absolute atomic E-state index is 5.93. The summed E-state index contributed by atoms with van der Waals surface area (Å²) in [5.74, 6) is 2.03. The van der Waals surface area contributed by atoms with Crippen LogP contribution in [0.2, 0.25) is 0 Å². The third-order valence-corrected chi connectivity index (χ3v) is 4.40. The minimum atomic E-state index is 0.558. The Morgan fingerprint density at radius 2 is 1.96 bits per heavy atom. The number of methoxy groups -OCH3 is 1. The number of nitrogens with zero attached hydrogens (tertiary/aromatic N) is 2. The molecule has 5 nitrogen and oxygen atoms in total. The van der Waals surface area contributed by atoms with Gasteiger partial charge >= 0.3 is 0 Å². The number of fused-ring (bicyclic) bond motifs is 1. The molecule has 124 valence electrons. The van der Waals surface area contributed by atoms with E-state index >= 15 is 0 Å². The summed E-state index contributed by atoms with van der Waals surface area (Å²) >= 11 is 0. The van der Waals surface area contributed by atoms with Crippen LogP contribution < -0.4 is 15.2 Å². The van der Waals surface area contributed by atoms with Gasteiger partial charge in [0.1, 0.15) is 5.82 Å². The van der Waals surface area contributed by atoms with Gasteiger partial charge in [0.15, 0.2) is 11.5 Å². The number of hydrogen-bond donors (Lipinski definition) is 1. The van der Waals surface area contributed by atoms with Gasteiger partial charge in [0, 0.05) is 18.0 Å². The number of anilines is 1. The van der Waals surface area contributed by atoms with Crippen LogP contribution in [0.3, 0.4) is 0 Å². The van der Waals surface area contributed by atoms with Crippen LogP contribution >= 0.6 is 0 Å². The number of aromatic nitrogens is 1. The molecule has 23 heavy (non-hydrogen) atoms. The topological polar surface area (TPSA) is 60.6 Å². The fraction of sp³-hybridized carbons (Fsp3) is 0.500. The molecule has 2 heterocycles. The van der Waals surface area contributed by atoms with Crippen molar-refractivity contribution in [2.75, 3.05) is 39.1 Å². The predicted molar refractivity (Wildman–Crippen MR) is 93.2 cm³/mol. The molecule has 2 aromatic rings. The van der Waals surface area contributed by atoms with Crippen molar-refractivity contribution in [1.29, 1.82) is 0 Å². The van der Waals surface area contributed by atoms with E-state index in [1.54, 1.807) is 7.11 Å². The molecule has 0 bridgehead atoms. The Labute approximate surface area is 137 Å². The summed E-state index contributed by atoms with van der Waals surface area (Å²) in [6.07, 6.45) is 3.67. The molecule has 1 fully saturated rings. The highest BCUT2D eigenvalue weighted by Crippen LogP contribution is 2.32. The number of benzene rings is 1. The van der Waals surface area contributed by atoms with E-state index in [0.717, 1.165) is 40.9 Å². The number of nitrogens with two attached hydrogens (primary N) is 1. The number of hydrogen-bond acceptors (Lipinski definition) is 5. The summed E-state index contributed by atoms with van der Waals surface area (Å²) in [7, 11) is 1.66. The first-order valence-electron chi connectivity index (χ1n) is 8.27. The van der Waals surface area contributed by atoms with Crippen molar-refractivity contribution in [1.82, 2.24) is 9.88 Å². The van der Waals surface area contributed by atoms with Crippen LogP contribution in [-0.2, 0) is 0 Å². The monoisotopic (exact) mass is 315 g/mol. The van der Waals surface area contributed by atoms with Crippen LogP contribution in [0.15, 0.2) is 18.2 Å². The van der Waals surface area contributed by atoms with E-state index in [1.807, 2.05) is 25.1 Å². The molecule has 0 atom stereocenters. The number of pyridine rings is 1. The maximum Gasteiger partial charge on any atom is 0.163 e. The van der Waals surface area contributed by atoms with Crippen molar-refractivity contribution < 1.29 is 9.47 Å². The van der Waals surface area contributed by atoms with Crippen LogP contribution in [0, 0.1) is 6.92 Å². The molecule has 1 aromatic heterocycles. The highest BCUT2D eigenvalue weighted by atomic mass is 16.5. The Hall–Kier alpha value is -2.01. The summed E-state index contributed by atoms with van der Waals surface area (Å²) in [5, 5.41) is 1.01. The molecule has 2 N–H and O–H groups in total. The zero-order valence-corrected chi connectivity index (χ0v) is 14.0. The highest BCUT2D eigenvalue weighted by Gasteiger charge is 2.12. The van der Waals surface area contributed by atoms with Gasteiger partial charge in [0.05, 0.1) is 19.2 Å². The van der Waals surface area contributed by atoms with Crippen molar-refractivity contribution in [3.63, 3.8) is 0 Å². The number of rotatable bonds is 6. The minimum absolute atomic E-state index is 0.558. The lowest BCUT2D eigenvalue weighted by Crippen LogP contribution is -2.21. The second-order valence-electron chi connectivity index (χ2n) is 6.14. The molecule has 0 saturated carbocycles. The molecule has 1 saturated heterocycles. The molecule has 0 spiro atoms. The Bertz CT molecular complexity index is 682. The first-order valence-corrected chi connectivity index (χ1v) is 8.27. The summed E-state index contributed by atoms with van der Waals surface area (Å²) in [6.45, 7) is 6.18. The second kappa shape index (κ2) is 7.04. The first-order chi connectivity index (χ1) is 11.2. The second-order valence-corrected chi connectivity index (χ2v) is 6.14. The van der Waals surface area contributed by atoms with Gasteiger partial charge in [-0.3, -0.25) is 0 Å². The molecule has 1 aliphatic rings. The zero-order chi connectivity index (χ0) is 16.2. The average molecular weight is 315 g/mol. The zero-order valence-electron chi connectivity index (χ0n) is 14.0. The van der Waals surface area contributed by atoms with Crippen LogP contribution in [0.4, 0.5) is 5.82 Å². The van der Waals surface area contributed by atoms with Gasteiger partial charge in [0.2, 0.25) is 0 Å². The molecule has 0 unspecified atom stereocenters. The van der Waals surface area contributed by atoms with Gasteiger partial charge < -0.3 is 20.1 Å². The molecule has 1 aromatic carbocycles.